The summed E-state index contributed by atoms with van der Waals surface area (Å²) in [6.07, 6.45) is 1.30. The molecular weight excluding hydrogens is 408 g/mol. The molecule has 2 N–H and O–H groups in total. The molecule has 2 aromatic heterocycles. The van der Waals surface area contributed by atoms with Gasteiger partial charge in [0, 0.05) is 11.8 Å². The minimum absolute atomic E-state index is 0.0351. The molecule has 0 fully saturated rings. The number of anilines is 1. The van der Waals surface area contributed by atoms with Gasteiger partial charge in [-0.3, -0.25) is 9.59 Å². The second-order valence-electron chi connectivity index (χ2n) is 6.27. The van der Waals surface area contributed by atoms with E-state index in [4.69, 9.17) is 9.47 Å². The third-order valence-corrected chi connectivity index (χ3v) is 5.29. The number of fused-ring (bicyclic) bond motifs is 2. The van der Waals surface area contributed by atoms with E-state index >= 15 is 0 Å². The number of carbonyl (C=O) groups excluding carboxylic acids is 1. The molecule has 11 heteroatoms. The lowest BCUT2D eigenvalue weighted by molar-refractivity contribution is -0.113. The molecule has 10 nitrogen and oxygen atoms in total. The zero-order chi connectivity index (χ0) is 20.5. The number of H-pyrrole nitrogens is 1. The van der Waals surface area contributed by atoms with Gasteiger partial charge in [-0.25, -0.2) is 14.6 Å². The Bertz CT molecular complexity index is 1300. The van der Waals surface area contributed by atoms with Crippen molar-refractivity contribution in [1.29, 1.82) is 0 Å². The highest BCUT2D eigenvalue weighted by Crippen LogP contribution is 2.34. The normalized spacial score (nSPS) is 12.3. The maximum absolute atomic E-state index is 13.0. The molecule has 4 aromatic rings. The van der Waals surface area contributed by atoms with E-state index < -0.39 is 0 Å². The van der Waals surface area contributed by atoms with Crippen LogP contribution in [0.15, 0.2) is 58.7 Å². The molecule has 0 atom stereocenters. The van der Waals surface area contributed by atoms with Crippen LogP contribution in [0.4, 0.5) is 5.69 Å². The molecule has 0 saturated carbocycles. The Balaban J connectivity index is 1.40. The van der Waals surface area contributed by atoms with Crippen molar-refractivity contribution in [3.05, 3.63) is 59.1 Å². The van der Waals surface area contributed by atoms with Gasteiger partial charge in [0.2, 0.25) is 18.6 Å². The Morgan fingerprint density at radius 3 is 2.93 bits per heavy atom. The number of nitrogens with zero attached hydrogens (tertiary/aromatic N) is 4. The van der Waals surface area contributed by atoms with Crippen LogP contribution in [0.1, 0.15) is 0 Å². The van der Waals surface area contributed by atoms with E-state index in [-0.39, 0.29) is 30.0 Å². The van der Waals surface area contributed by atoms with Crippen LogP contribution in [0, 0.1) is 0 Å². The van der Waals surface area contributed by atoms with E-state index in [2.05, 4.69) is 25.5 Å². The Labute approximate surface area is 173 Å². The van der Waals surface area contributed by atoms with Gasteiger partial charge in [0.05, 0.1) is 16.7 Å². The first kappa shape index (κ1) is 18.2. The number of rotatable bonds is 5. The monoisotopic (exact) mass is 422 g/mol. The number of para-hydroxylation sites is 1. The van der Waals surface area contributed by atoms with Crippen LogP contribution < -0.4 is 20.3 Å². The summed E-state index contributed by atoms with van der Waals surface area (Å²) in [6.45, 7) is 0.162. The highest BCUT2D eigenvalue weighted by Gasteiger charge is 2.17. The molecule has 1 aliphatic heterocycles. The fourth-order valence-electron chi connectivity index (χ4n) is 3.00. The Kier molecular flexibility index (Phi) is 4.56. The van der Waals surface area contributed by atoms with Crippen molar-refractivity contribution >= 4 is 34.3 Å². The molecule has 30 heavy (non-hydrogen) atoms. The quantitative estimate of drug-likeness (QED) is 0.370. The van der Waals surface area contributed by atoms with Gasteiger partial charge in [0.15, 0.2) is 16.7 Å². The number of aromatic amines is 1. The number of hydrogen-bond donors (Lipinski definition) is 2. The van der Waals surface area contributed by atoms with Gasteiger partial charge >= 0.3 is 0 Å². The van der Waals surface area contributed by atoms with Gasteiger partial charge < -0.3 is 14.8 Å². The second-order valence-corrected chi connectivity index (χ2v) is 7.21. The average Bonchev–Trinajstić information content (AvgIpc) is 3.44. The first-order valence-corrected chi connectivity index (χ1v) is 9.87. The predicted octanol–water partition coefficient (Wildman–Crippen LogP) is 1.96. The van der Waals surface area contributed by atoms with E-state index in [9.17, 15) is 9.59 Å². The smallest absolute Gasteiger partial charge is 0.269 e. The standard InChI is InChI=1S/C19H14N6O4S/c26-16(22-11-5-6-14-15(7-11)29-10-28-14)8-30-19-23-13-4-2-1-3-12(13)17(27)25(19)18-20-9-21-24-18/h1-7,9H,8,10H2,(H,22,26)(H,20,21,24). The van der Waals surface area contributed by atoms with Gasteiger partial charge in [0.1, 0.15) is 6.33 Å². The minimum atomic E-state index is -0.295. The summed E-state index contributed by atoms with van der Waals surface area (Å²) >= 11 is 1.12. The van der Waals surface area contributed by atoms with Crippen LogP contribution in [0.2, 0.25) is 0 Å². The largest absolute Gasteiger partial charge is 0.454 e. The van der Waals surface area contributed by atoms with E-state index in [1.807, 2.05) is 0 Å². The maximum Gasteiger partial charge on any atom is 0.269 e. The Morgan fingerprint density at radius 2 is 2.07 bits per heavy atom. The van der Waals surface area contributed by atoms with Crippen LogP contribution in [0.5, 0.6) is 11.5 Å². The lowest BCUT2D eigenvalue weighted by Crippen LogP contribution is -2.23. The van der Waals surface area contributed by atoms with E-state index in [0.29, 0.717) is 33.2 Å². The summed E-state index contributed by atoms with van der Waals surface area (Å²) in [4.78, 5) is 34.1. The van der Waals surface area contributed by atoms with Gasteiger partial charge in [-0.2, -0.15) is 10.1 Å². The fraction of sp³-hybridized carbons (Fsp3) is 0.105. The summed E-state index contributed by atoms with van der Waals surface area (Å²) < 4.78 is 11.9. The van der Waals surface area contributed by atoms with E-state index in [1.165, 1.54) is 10.9 Å². The summed E-state index contributed by atoms with van der Waals surface area (Å²) in [5.41, 5.74) is 0.830. The molecule has 0 saturated heterocycles. The number of hydrogen-bond acceptors (Lipinski definition) is 8. The van der Waals surface area contributed by atoms with Crippen LogP contribution in [-0.4, -0.2) is 43.2 Å². The van der Waals surface area contributed by atoms with Crippen LogP contribution in [-0.2, 0) is 4.79 Å². The molecule has 1 aliphatic rings. The van der Waals surface area contributed by atoms with Gasteiger partial charge in [-0.05, 0) is 24.3 Å². The molecule has 0 unspecified atom stereocenters. The molecule has 5 rings (SSSR count). The zero-order valence-corrected chi connectivity index (χ0v) is 16.2. The number of nitrogens with one attached hydrogen (secondary N) is 2. The van der Waals surface area contributed by atoms with Crippen molar-refractivity contribution in [1.82, 2.24) is 24.7 Å². The van der Waals surface area contributed by atoms with Crippen molar-refractivity contribution in [3.63, 3.8) is 0 Å². The van der Waals surface area contributed by atoms with Gasteiger partial charge in [0.25, 0.3) is 5.56 Å². The third kappa shape index (κ3) is 3.35. The molecule has 0 radical (unpaired) electrons. The summed E-state index contributed by atoms with van der Waals surface area (Å²) in [5.74, 6) is 1.23. The summed E-state index contributed by atoms with van der Waals surface area (Å²) in [5, 5.41) is 10.1. The van der Waals surface area contributed by atoms with Crippen molar-refractivity contribution in [2.45, 2.75) is 5.16 Å². The SMILES string of the molecule is O=C(CSc1nc2ccccc2c(=O)n1-c1ncn[nH]1)Nc1ccc2c(c1)OCO2. The molecule has 3 heterocycles. The van der Waals surface area contributed by atoms with Crippen molar-refractivity contribution in [2.75, 3.05) is 17.9 Å². The molecule has 2 aromatic carbocycles. The molecule has 0 bridgehead atoms. The number of amides is 1. The van der Waals surface area contributed by atoms with Gasteiger partial charge in [-0.1, -0.05) is 23.9 Å². The molecule has 1 amide bonds. The van der Waals surface area contributed by atoms with Crippen molar-refractivity contribution < 1.29 is 14.3 Å². The Hall–Kier alpha value is -3.86. The second kappa shape index (κ2) is 7.52. The lowest BCUT2D eigenvalue weighted by Gasteiger charge is -2.11. The first-order chi connectivity index (χ1) is 14.7. The Morgan fingerprint density at radius 1 is 1.20 bits per heavy atom. The number of carbonyl (C=O) groups is 1. The number of aromatic nitrogens is 5. The first-order valence-electron chi connectivity index (χ1n) is 8.89. The molecule has 0 aliphatic carbocycles. The summed E-state index contributed by atoms with van der Waals surface area (Å²) in [6, 6.07) is 12.2. The maximum atomic E-state index is 13.0. The fourth-order valence-corrected chi connectivity index (χ4v) is 3.80. The van der Waals surface area contributed by atoms with Gasteiger partial charge in [-0.15, -0.1) is 0 Å². The highest BCUT2D eigenvalue weighted by molar-refractivity contribution is 7.99. The number of ether oxygens (including phenoxy) is 2. The highest BCUT2D eigenvalue weighted by atomic mass is 32.2. The van der Waals surface area contributed by atoms with Crippen LogP contribution in [0.25, 0.3) is 16.9 Å². The minimum Gasteiger partial charge on any atom is -0.454 e. The van der Waals surface area contributed by atoms with Crippen LogP contribution in [0.3, 0.4) is 0 Å². The topological polar surface area (TPSA) is 124 Å². The molecule has 0 spiro atoms. The molecular formula is C19H14N6O4S. The van der Waals surface area contributed by atoms with E-state index in [1.54, 1.807) is 42.5 Å². The lowest BCUT2D eigenvalue weighted by atomic mass is 10.2. The third-order valence-electron chi connectivity index (χ3n) is 4.35. The number of thioether (sulfide) groups is 1. The van der Waals surface area contributed by atoms with Crippen LogP contribution >= 0.6 is 11.8 Å². The average molecular weight is 422 g/mol. The molecule has 150 valence electrons. The number of benzene rings is 2. The zero-order valence-electron chi connectivity index (χ0n) is 15.4. The van der Waals surface area contributed by atoms with Crippen molar-refractivity contribution in [2.24, 2.45) is 0 Å². The van der Waals surface area contributed by atoms with E-state index in [0.717, 1.165) is 11.8 Å². The van der Waals surface area contributed by atoms with Crippen molar-refractivity contribution in [3.8, 4) is 17.4 Å². The predicted molar refractivity (Wildman–Crippen MR) is 109 cm³/mol. The summed E-state index contributed by atoms with van der Waals surface area (Å²) in [7, 11) is 0.